The number of likely N-dealkylation sites (tertiary alicyclic amines) is 3. The van der Waals surface area contributed by atoms with Crippen LogP contribution in [-0.4, -0.2) is 178 Å². The van der Waals surface area contributed by atoms with Gasteiger partial charge in [-0.05, 0) is 49.7 Å². The molecular formula is C82H88ClN9O8. The van der Waals surface area contributed by atoms with Gasteiger partial charge in [0.15, 0.2) is 34.7 Å². The van der Waals surface area contributed by atoms with Crippen molar-refractivity contribution in [2.75, 3.05) is 87.6 Å². The summed E-state index contributed by atoms with van der Waals surface area (Å²) in [5, 5.41) is 9.43. The normalized spacial score (nSPS) is 19.2. The number of benzene rings is 7. The third-order valence-corrected chi connectivity index (χ3v) is 20.4. The molecule has 516 valence electrons. The first kappa shape index (κ1) is 72.8. The number of piperidine rings is 3. The van der Waals surface area contributed by atoms with Crippen molar-refractivity contribution in [1.29, 1.82) is 0 Å². The average molecular weight is 1360 g/mol. The van der Waals surface area contributed by atoms with Gasteiger partial charge in [0, 0.05) is 191 Å². The summed E-state index contributed by atoms with van der Waals surface area (Å²) < 4.78 is 3.53. The summed E-state index contributed by atoms with van der Waals surface area (Å²) in [7, 11) is 12.5. The molecule has 7 aromatic carbocycles. The number of hydrogen-bond acceptors (Lipinski definition) is 13. The maximum Gasteiger partial charge on any atom is 0.236 e. The van der Waals surface area contributed by atoms with Gasteiger partial charge in [-0.3, -0.25) is 57.5 Å². The van der Waals surface area contributed by atoms with Gasteiger partial charge in [0.2, 0.25) is 11.8 Å². The lowest BCUT2D eigenvalue weighted by Gasteiger charge is -2.42. The van der Waals surface area contributed by atoms with Crippen LogP contribution in [0.2, 0.25) is 5.02 Å². The summed E-state index contributed by atoms with van der Waals surface area (Å²) >= 11 is 6.47. The van der Waals surface area contributed by atoms with Gasteiger partial charge < -0.3 is 14.7 Å². The summed E-state index contributed by atoms with van der Waals surface area (Å²) in [5.74, 6) is -3.70. The SMILES string of the molecule is CN(C)C(=O)CN1C[C@H](C(=O)c2ccccc2)C(c2ccnn2C)[C@@H](C(=O)c2ccccc2)C1.Cc1c(C2[C@@H](C(=O)c3ccccc3)CN(CC(=O)N(C)C)C[C@@H]2C(=O)c2ccccc2)cnn1C.Cc1c(Cl)cccc1C1[C@@H](C(=O)c2ccccc2)CN(C)C[C@@H]1C(=O)c1ccccc1. The van der Waals surface area contributed by atoms with Gasteiger partial charge >= 0.3 is 0 Å². The maximum absolute atomic E-state index is 13.9. The minimum Gasteiger partial charge on any atom is -0.348 e. The fraction of sp³-hybridized carbons (Fsp3) is 0.317. The molecule has 5 heterocycles. The number of nitrogens with zero attached hydrogens (tertiary/aromatic N) is 9. The fourth-order valence-electron chi connectivity index (χ4n) is 14.6. The van der Waals surface area contributed by atoms with Crippen LogP contribution >= 0.6 is 11.6 Å². The Labute approximate surface area is 591 Å². The van der Waals surface area contributed by atoms with Crippen molar-refractivity contribution in [3.63, 3.8) is 0 Å². The van der Waals surface area contributed by atoms with E-state index >= 15 is 0 Å². The number of Topliss-reactive ketones (excluding diaryl/α,β-unsaturated/α-hetero) is 6. The molecule has 6 atom stereocenters. The zero-order chi connectivity index (χ0) is 71.3. The zero-order valence-electron chi connectivity index (χ0n) is 58.3. The monoisotopic (exact) mass is 1360 g/mol. The van der Waals surface area contributed by atoms with Crippen LogP contribution < -0.4 is 0 Å². The number of carbonyl (C=O) groups is 8. The van der Waals surface area contributed by atoms with E-state index in [1.807, 2.05) is 227 Å². The quantitative estimate of drug-likeness (QED) is 0.0696. The number of carbonyl (C=O) groups excluding carboxylic acids is 8. The zero-order valence-corrected chi connectivity index (χ0v) is 59.1. The third-order valence-electron chi connectivity index (χ3n) is 20.0. The molecule has 0 unspecified atom stereocenters. The molecule has 17 nitrogen and oxygen atoms in total. The summed E-state index contributed by atoms with van der Waals surface area (Å²) in [6, 6.07) is 63.2. The molecule has 0 radical (unpaired) electrons. The number of amides is 2. The van der Waals surface area contributed by atoms with Crippen LogP contribution in [0.5, 0.6) is 0 Å². The maximum atomic E-state index is 13.9. The van der Waals surface area contributed by atoms with E-state index in [4.69, 9.17) is 11.6 Å². The van der Waals surface area contributed by atoms with Gasteiger partial charge in [0.25, 0.3) is 0 Å². The molecule has 12 rings (SSSR count). The van der Waals surface area contributed by atoms with Crippen molar-refractivity contribution in [3.05, 3.63) is 285 Å². The molecule has 2 aromatic heterocycles. The Hall–Kier alpha value is -9.91. The smallest absolute Gasteiger partial charge is 0.236 e. The fourth-order valence-corrected chi connectivity index (χ4v) is 14.8. The van der Waals surface area contributed by atoms with Crippen LogP contribution in [0.3, 0.4) is 0 Å². The highest BCUT2D eigenvalue weighted by Gasteiger charge is 2.49. The molecule has 2 amide bonds. The lowest BCUT2D eigenvalue weighted by atomic mass is 9.68. The molecule has 0 spiro atoms. The van der Waals surface area contributed by atoms with Crippen LogP contribution in [0, 0.1) is 49.4 Å². The molecule has 0 N–H and O–H groups in total. The first-order valence-electron chi connectivity index (χ1n) is 33.9. The van der Waals surface area contributed by atoms with Gasteiger partial charge in [0.05, 0.1) is 19.3 Å². The molecule has 0 aliphatic carbocycles. The van der Waals surface area contributed by atoms with Crippen LogP contribution in [-0.2, 0) is 23.7 Å². The Kier molecular flexibility index (Phi) is 24.2. The average Bonchev–Trinajstić information content (AvgIpc) is 1.12. The molecule has 3 fully saturated rings. The van der Waals surface area contributed by atoms with E-state index in [-0.39, 0.29) is 89.2 Å². The van der Waals surface area contributed by atoms with Gasteiger partial charge in [-0.15, -0.1) is 0 Å². The first-order valence-corrected chi connectivity index (χ1v) is 34.3. The van der Waals surface area contributed by atoms with Crippen LogP contribution in [0.4, 0.5) is 0 Å². The lowest BCUT2D eigenvalue weighted by molar-refractivity contribution is -0.131. The Balaban J connectivity index is 0.000000162. The van der Waals surface area contributed by atoms with Gasteiger partial charge in [-0.2, -0.15) is 10.2 Å². The second-order valence-electron chi connectivity index (χ2n) is 26.9. The highest BCUT2D eigenvalue weighted by Crippen LogP contribution is 2.45. The molecule has 18 heteroatoms. The van der Waals surface area contributed by atoms with E-state index in [0.717, 1.165) is 28.1 Å². The van der Waals surface area contributed by atoms with Crippen molar-refractivity contribution in [2.24, 2.45) is 49.6 Å². The number of halogens is 1. The number of aromatic nitrogens is 4. The summed E-state index contributed by atoms with van der Waals surface area (Å²) in [4.78, 5) is 117. The lowest BCUT2D eigenvalue weighted by Crippen LogP contribution is -2.53. The molecule has 3 saturated heterocycles. The van der Waals surface area contributed by atoms with Crippen molar-refractivity contribution in [3.8, 4) is 0 Å². The van der Waals surface area contributed by atoms with E-state index in [9.17, 15) is 38.4 Å². The minimum atomic E-state index is -0.501. The molecule has 3 aliphatic heterocycles. The minimum absolute atomic E-state index is 0.0216. The summed E-state index contributed by atoms with van der Waals surface area (Å²) in [6.45, 7) is 7.03. The highest BCUT2D eigenvalue weighted by molar-refractivity contribution is 6.31. The van der Waals surface area contributed by atoms with E-state index < -0.39 is 23.7 Å². The second kappa shape index (κ2) is 33.3. The topological polar surface area (TPSA) is 188 Å². The van der Waals surface area contributed by atoms with E-state index in [1.165, 1.54) is 4.90 Å². The molecule has 9 aromatic rings. The molecule has 0 bridgehead atoms. The van der Waals surface area contributed by atoms with Crippen LogP contribution in [0.25, 0.3) is 0 Å². The van der Waals surface area contributed by atoms with Crippen LogP contribution in [0.1, 0.15) is 108 Å². The largest absolute Gasteiger partial charge is 0.348 e. The van der Waals surface area contributed by atoms with Crippen LogP contribution in [0.15, 0.2) is 219 Å². The number of rotatable bonds is 19. The van der Waals surface area contributed by atoms with E-state index in [2.05, 4.69) is 15.1 Å². The molecule has 100 heavy (non-hydrogen) atoms. The Morgan fingerprint density at radius 1 is 0.380 bits per heavy atom. The first-order chi connectivity index (χ1) is 48.1. The van der Waals surface area contributed by atoms with Gasteiger partial charge in [0.1, 0.15) is 0 Å². The van der Waals surface area contributed by atoms with E-state index in [1.54, 1.807) is 79.1 Å². The Morgan fingerprint density at radius 3 is 0.980 bits per heavy atom. The van der Waals surface area contributed by atoms with Crippen molar-refractivity contribution in [2.45, 2.75) is 31.6 Å². The molecule has 0 saturated carbocycles. The standard InChI is InChI=1S/C28H32N4O3.C27H26ClNO2.C27H30N4O3/c1-19-22(15-29-31(19)4)26-23(27(34)20-11-7-5-8-12-20)16-32(18-25(33)30(2)3)17-24(26)28(35)21-13-9-6-10-14-21;1-18-21(14-9-15-24(18)28)25-22(26(30)19-10-5-3-6-11-19)16-29(2)17-23(25)27(31)20-12-7-4-8-13-20;1-29(2)24(32)18-31-16-21(26(33)19-10-6-4-7-11-19)25(23-14-15-28-30(23)3)22(17-31)27(34)20-12-8-5-9-13-20/h5-15,23-24,26H,16-18H2,1-4H3;3-15,22-23,25H,16-17H2,1-2H3;4-15,21-22,25H,16-18H2,1-3H3/t23-,24-;22-,23-;21-,22-/m000/s1. The Bertz CT molecular complexity index is 4140. The second-order valence-corrected chi connectivity index (χ2v) is 27.3. The van der Waals surface area contributed by atoms with Gasteiger partial charge in [-0.25, -0.2) is 0 Å². The summed E-state index contributed by atoms with van der Waals surface area (Å²) in [6.07, 6.45) is 3.49. The predicted octanol–water partition coefficient (Wildman–Crippen LogP) is 11.8. The summed E-state index contributed by atoms with van der Waals surface area (Å²) in [5.41, 5.74) is 8.40. The molecular weight excluding hydrogens is 1270 g/mol. The number of aryl methyl sites for hydroxylation is 2. The van der Waals surface area contributed by atoms with E-state index in [0.29, 0.717) is 77.7 Å². The van der Waals surface area contributed by atoms with Crippen molar-refractivity contribution >= 4 is 58.1 Å². The number of hydrogen-bond donors (Lipinski definition) is 0. The predicted molar refractivity (Wildman–Crippen MR) is 389 cm³/mol. The Morgan fingerprint density at radius 2 is 0.690 bits per heavy atom. The number of likely N-dealkylation sites (N-methyl/N-ethyl adjacent to an activating group) is 2. The highest BCUT2D eigenvalue weighted by atomic mass is 35.5. The third kappa shape index (κ3) is 16.9. The molecule has 3 aliphatic rings. The van der Waals surface area contributed by atoms with Gasteiger partial charge in [-0.1, -0.05) is 206 Å². The van der Waals surface area contributed by atoms with Crippen molar-refractivity contribution < 1.29 is 38.4 Å². The van der Waals surface area contributed by atoms with Crippen molar-refractivity contribution in [1.82, 2.24) is 44.1 Å². The number of ketones is 6.